The fourth-order valence-electron chi connectivity index (χ4n) is 5.46. The van der Waals surface area contributed by atoms with Gasteiger partial charge in [-0.25, -0.2) is 0 Å². The topological polar surface area (TPSA) is 58.5 Å². The summed E-state index contributed by atoms with van der Waals surface area (Å²) in [6.45, 7) is 6.07. The number of aliphatic hydroxyl groups excluding tert-OH is 1. The predicted molar refractivity (Wildman–Crippen MR) is 137 cm³/mol. The zero-order chi connectivity index (χ0) is 23.5. The van der Waals surface area contributed by atoms with Crippen molar-refractivity contribution in [2.45, 2.75) is 25.0 Å². The van der Waals surface area contributed by atoms with Crippen LogP contribution in [0.3, 0.4) is 0 Å². The van der Waals surface area contributed by atoms with E-state index in [0.717, 1.165) is 47.2 Å². The van der Waals surface area contributed by atoms with Crippen molar-refractivity contribution in [3.8, 4) is 5.75 Å². The maximum absolute atomic E-state index is 11.2. The van der Waals surface area contributed by atoms with Gasteiger partial charge in [0.15, 0.2) is 0 Å². The summed E-state index contributed by atoms with van der Waals surface area (Å²) in [5, 5.41) is 13.3. The van der Waals surface area contributed by atoms with Gasteiger partial charge < -0.3 is 9.84 Å². The third-order valence-electron chi connectivity index (χ3n) is 7.33. The SMILES string of the molecule is C=C[C@H]1C[N@]2CC[C@H]1C[C@@H]2[C@@H](O)c1ccnc2ccc(OC)cc12.c1ccc2ncccc2c1. The molecular weight excluding hydrogens is 422 g/mol. The summed E-state index contributed by atoms with van der Waals surface area (Å²) >= 11 is 0. The third-order valence-corrected chi connectivity index (χ3v) is 7.33. The molecule has 5 atom stereocenters. The van der Waals surface area contributed by atoms with E-state index in [1.54, 1.807) is 13.3 Å². The van der Waals surface area contributed by atoms with Crippen molar-refractivity contribution >= 4 is 21.8 Å². The number of rotatable bonds is 4. The van der Waals surface area contributed by atoms with Gasteiger partial charge in [0, 0.05) is 35.8 Å². The smallest absolute Gasteiger partial charge is 0.119 e. The summed E-state index contributed by atoms with van der Waals surface area (Å²) in [5.41, 5.74) is 2.91. The molecule has 2 bridgehead atoms. The molecule has 3 aliphatic rings. The van der Waals surface area contributed by atoms with Crippen molar-refractivity contribution < 1.29 is 9.84 Å². The molecule has 2 aromatic heterocycles. The first-order chi connectivity index (χ1) is 16.7. The van der Waals surface area contributed by atoms with Crippen molar-refractivity contribution in [2.75, 3.05) is 20.2 Å². The van der Waals surface area contributed by atoms with E-state index < -0.39 is 6.10 Å². The van der Waals surface area contributed by atoms with E-state index in [1.807, 2.05) is 54.7 Å². The van der Waals surface area contributed by atoms with Gasteiger partial charge in [-0.05, 0) is 73.2 Å². The number of pyridine rings is 2. The number of hydrogen-bond acceptors (Lipinski definition) is 5. The van der Waals surface area contributed by atoms with Gasteiger partial charge >= 0.3 is 0 Å². The Balaban J connectivity index is 0.000000200. The Labute approximate surface area is 200 Å². The minimum atomic E-state index is -0.504. The molecule has 34 heavy (non-hydrogen) atoms. The molecule has 7 rings (SSSR count). The number of nitrogens with zero attached hydrogens (tertiary/aromatic N) is 3. The van der Waals surface area contributed by atoms with Crippen molar-refractivity contribution in [1.82, 2.24) is 14.9 Å². The highest BCUT2D eigenvalue weighted by Gasteiger charge is 2.42. The van der Waals surface area contributed by atoms with Crippen molar-refractivity contribution in [3.05, 3.63) is 91.3 Å². The zero-order valence-corrected chi connectivity index (χ0v) is 19.5. The lowest BCUT2D eigenvalue weighted by atomic mass is 9.73. The molecule has 0 aliphatic carbocycles. The third kappa shape index (κ3) is 4.41. The summed E-state index contributed by atoms with van der Waals surface area (Å²) < 4.78 is 5.35. The van der Waals surface area contributed by atoms with Crippen LogP contribution in [0.2, 0.25) is 0 Å². The lowest BCUT2D eigenvalue weighted by Gasteiger charge is -2.50. The van der Waals surface area contributed by atoms with Crippen LogP contribution in [0.1, 0.15) is 24.5 Å². The lowest BCUT2D eigenvalue weighted by molar-refractivity contribution is -0.0444. The van der Waals surface area contributed by atoms with E-state index in [1.165, 1.54) is 11.8 Å². The number of ether oxygens (including phenoxy) is 1. The number of piperidine rings is 3. The van der Waals surface area contributed by atoms with Crippen molar-refractivity contribution in [2.24, 2.45) is 11.8 Å². The Morgan fingerprint density at radius 1 is 1.06 bits per heavy atom. The molecule has 0 unspecified atom stereocenters. The van der Waals surface area contributed by atoms with Crippen LogP contribution in [0.4, 0.5) is 0 Å². The number of aromatic nitrogens is 2. The first kappa shape index (κ1) is 22.5. The summed E-state index contributed by atoms with van der Waals surface area (Å²) in [6, 6.07) is 20.0. The molecule has 5 heterocycles. The second kappa shape index (κ2) is 9.92. The summed E-state index contributed by atoms with van der Waals surface area (Å²) in [7, 11) is 1.66. The number of hydrogen-bond donors (Lipinski definition) is 1. The molecule has 4 aromatic rings. The Morgan fingerprint density at radius 3 is 2.65 bits per heavy atom. The second-order valence-corrected chi connectivity index (χ2v) is 9.17. The number of benzene rings is 2. The summed E-state index contributed by atoms with van der Waals surface area (Å²) in [5.74, 6) is 2.01. The molecule has 3 fully saturated rings. The Bertz CT molecular complexity index is 1230. The quantitative estimate of drug-likeness (QED) is 0.419. The monoisotopic (exact) mass is 453 g/mol. The van der Waals surface area contributed by atoms with Crippen molar-refractivity contribution in [1.29, 1.82) is 0 Å². The molecule has 174 valence electrons. The van der Waals surface area contributed by atoms with E-state index in [2.05, 4.69) is 39.7 Å². The molecule has 5 heteroatoms. The zero-order valence-electron chi connectivity index (χ0n) is 19.5. The molecule has 2 aromatic carbocycles. The minimum Gasteiger partial charge on any atom is -0.497 e. The van der Waals surface area contributed by atoms with Crippen LogP contribution in [-0.2, 0) is 0 Å². The highest BCUT2D eigenvalue weighted by atomic mass is 16.5. The number of para-hydroxylation sites is 1. The normalized spacial score (nSPS) is 24.3. The minimum absolute atomic E-state index is 0.178. The maximum atomic E-state index is 11.2. The molecule has 5 nitrogen and oxygen atoms in total. The van der Waals surface area contributed by atoms with Crippen molar-refractivity contribution in [3.63, 3.8) is 0 Å². The number of aliphatic hydroxyl groups is 1. The van der Waals surface area contributed by atoms with Gasteiger partial charge in [-0.1, -0.05) is 30.3 Å². The highest BCUT2D eigenvalue weighted by Crippen LogP contribution is 2.42. The molecule has 0 amide bonds. The highest BCUT2D eigenvalue weighted by molar-refractivity contribution is 5.84. The van der Waals surface area contributed by atoms with Gasteiger partial charge in [0.1, 0.15) is 5.75 Å². The summed E-state index contributed by atoms with van der Waals surface area (Å²) in [4.78, 5) is 11.0. The fraction of sp³-hybridized carbons (Fsp3) is 0.310. The average Bonchev–Trinajstić information content (AvgIpc) is 2.92. The molecule has 1 N–H and O–H groups in total. The first-order valence-corrected chi connectivity index (χ1v) is 11.9. The van der Waals surface area contributed by atoms with Crippen LogP contribution < -0.4 is 4.74 Å². The first-order valence-electron chi connectivity index (χ1n) is 11.9. The van der Waals surface area contributed by atoms with Crippen LogP contribution >= 0.6 is 0 Å². The van der Waals surface area contributed by atoms with E-state index in [9.17, 15) is 5.11 Å². The maximum Gasteiger partial charge on any atom is 0.119 e. The van der Waals surface area contributed by atoms with Crippen LogP contribution in [0.5, 0.6) is 5.75 Å². The van der Waals surface area contributed by atoms with E-state index in [0.29, 0.717) is 11.8 Å². The molecular formula is C29H31N3O2. The predicted octanol–water partition coefficient (Wildman–Crippen LogP) is 5.41. The van der Waals surface area contributed by atoms with E-state index in [4.69, 9.17) is 4.74 Å². The molecule has 0 spiro atoms. The summed E-state index contributed by atoms with van der Waals surface area (Å²) in [6.07, 6.45) is 7.43. The van der Waals surface area contributed by atoms with Gasteiger partial charge in [0.05, 0.1) is 24.2 Å². The van der Waals surface area contributed by atoms with Gasteiger partial charge in [0.25, 0.3) is 0 Å². The molecule has 3 aliphatic heterocycles. The number of fused-ring (bicyclic) bond motifs is 5. The van der Waals surface area contributed by atoms with Gasteiger partial charge in [-0.3, -0.25) is 14.9 Å². The fourth-order valence-corrected chi connectivity index (χ4v) is 5.46. The standard InChI is InChI=1S/C20H24N2O2.C9H7N/c1-3-13-12-22-9-7-14(13)10-19(22)20(23)16-6-8-21-18-5-4-15(24-2)11-17(16)18;1-2-6-9-8(4-1)5-3-7-10-9/h3-6,8,11,13-14,19-20,23H,1,7,9-10,12H2,2H3;1-7H/t13-,14-,19+,20-;/m0./s1. The van der Waals surface area contributed by atoms with E-state index >= 15 is 0 Å². The molecule has 0 saturated carbocycles. The van der Waals surface area contributed by atoms with Crippen LogP contribution in [-0.4, -0.2) is 46.2 Å². The molecule has 0 radical (unpaired) electrons. The van der Waals surface area contributed by atoms with Gasteiger partial charge in [-0.15, -0.1) is 6.58 Å². The Kier molecular flexibility index (Phi) is 6.57. The lowest BCUT2D eigenvalue weighted by Crippen LogP contribution is -2.54. The average molecular weight is 454 g/mol. The van der Waals surface area contributed by atoms with Crippen LogP contribution in [0.25, 0.3) is 21.8 Å². The van der Waals surface area contributed by atoms with Gasteiger partial charge in [0.2, 0.25) is 0 Å². The van der Waals surface area contributed by atoms with Crippen LogP contribution in [0, 0.1) is 11.8 Å². The second-order valence-electron chi connectivity index (χ2n) is 9.17. The molecule has 3 saturated heterocycles. The Morgan fingerprint density at radius 2 is 1.88 bits per heavy atom. The van der Waals surface area contributed by atoms with E-state index in [-0.39, 0.29) is 6.04 Å². The van der Waals surface area contributed by atoms with Gasteiger partial charge in [-0.2, -0.15) is 0 Å². The number of methoxy groups -OCH3 is 1. The Hall–Kier alpha value is -3.28. The largest absolute Gasteiger partial charge is 0.497 e. The van der Waals surface area contributed by atoms with Crippen LogP contribution in [0.15, 0.2) is 85.7 Å².